The Kier molecular flexibility index (Phi) is 7.17. The second kappa shape index (κ2) is 9.82. The van der Waals surface area contributed by atoms with Crippen molar-refractivity contribution in [2.45, 2.75) is 26.8 Å². The normalized spacial score (nSPS) is 15.4. The molecule has 0 aliphatic carbocycles. The fourth-order valence-corrected chi connectivity index (χ4v) is 3.43. The maximum absolute atomic E-state index is 13.2. The first kappa shape index (κ1) is 21.9. The van der Waals surface area contributed by atoms with Crippen LogP contribution in [0.3, 0.4) is 0 Å². The molecular weight excluding hydrogens is 387 g/mol. The Bertz CT molecular complexity index is 872. The number of hydrogen-bond donors (Lipinski definition) is 2. The van der Waals surface area contributed by atoms with Crippen molar-refractivity contribution >= 4 is 17.6 Å². The molecule has 1 fully saturated rings. The van der Waals surface area contributed by atoms with Crippen LogP contribution >= 0.6 is 0 Å². The van der Waals surface area contributed by atoms with Gasteiger partial charge in [0.2, 0.25) is 11.8 Å². The molecule has 1 aromatic heterocycles. The van der Waals surface area contributed by atoms with Gasteiger partial charge in [-0.25, -0.2) is 9.07 Å². The van der Waals surface area contributed by atoms with Gasteiger partial charge in [-0.1, -0.05) is 0 Å². The minimum absolute atomic E-state index is 0.0284. The van der Waals surface area contributed by atoms with Gasteiger partial charge in [0, 0.05) is 38.3 Å². The van der Waals surface area contributed by atoms with Gasteiger partial charge in [-0.15, -0.1) is 0 Å². The third kappa shape index (κ3) is 6.11. The number of halogens is 1. The molecule has 1 aliphatic rings. The zero-order valence-electron chi connectivity index (χ0n) is 17.7. The highest BCUT2D eigenvalue weighted by molar-refractivity contribution is 5.91. The largest absolute Gasteiger partial charge is 0.353 e. The molecule has 8 nitrogen and oxygen atoms in total. The molecule has 0 atom stereocenters. The van der Waals surface area contributed by atoms with Crippen molar-refractivity contribution in [3.8, 4) is 5.69 Å². The average molecular weight is 417 g/mol. The van der Waals surface area contributed by atoms with Crippen molar-refractivity contribution in [2.75, 3.05) is 44.6 Å². The third-order valence-electron chi connectivity index (χ3n) is 4.82. The van der Waals surface area contributed by atoms with E-state index in [0.717, 1.165) is 31.9 Å². The van der Waals surface area contributed by atoms with Crippen LogP contribution in [0.25, 0.3) is 5.69 Å². The Hall–Kier alpha value is -2.78. The molecule has 2 amide bonds. The van der Waals surface area contributed by atoms with Crippen LogP contribution in [0, 0.1) is 12.7 Å². The summed E-state index contributed by atoms with van der Waals surface area (Å²) in [5.74, 6) is 0.118. The predicted octanol–water partition coefficient (Wildman–Crippen LogP) is 1.40. The van der Waals surface area contributed by atoms with E-state index in [1.54, 1.807) is 22.9 Å². The lowest BCUT2D eigenvalue weighted by Gasteiger charge is -2.33. The van der Waals surface area contributed by atoms with Crippen LogP contribution in [-0.2, 0) is 9.59 Å². The molecule has 2 N–H and O–H groups in total. The maximum Gasteiger partial charge on any atom is 0.239 e. The first-order valence-electron chi connectivity index (χ1n) is 10.2. The SMILES string of the molecule is Cc1cc(NC(=O)CN2CCN(CC(=O)NC(C)C)CC2)n(-c2ccc(F)cc2)n1. The van der Waals surface area contributed by atoms with Gasteiger partial charge < -0.3 is 10.6 Å². The van der Waals surface area contributed by atoms with Gasteiger partial charge in [0.15, 0.2) is 0 Å². The van der Waals surface area contributed by atoms with Gasteiger partial charge in [-0.05, 0) is 45.0 Å². The summed E-state index contributed by atoms with van der Waals surface area (Å²) >= 11 is 0. The van der Waals surface area contributed by atoms with E-state index in [1.807, 2.05) is 20.8 Å². The van der Waals surface area contributed by atoms with Crippen molar-refractivity contribution in [3.63, 3.8) is 0 Å². The van der Waals surface area contributed by atoms with Crippen LogP contribution in [0.2, 0.25) is 0 Å². The van der Waals surface area contributed by atoms with Crippen LogP contribution in [0.5, 0.6) is 0 Å². The molecule has 0 spiro atoms. The Morgan fingerprint density at radius 2 is 1.60 bits per heavy atom. The van der Waals surface area contributed by atoms with Gasteiger partial charge >= 0.3 is 0 Å². The zero-order valence-corrected chi connectivity index (χ0v) is 17.7. The van der Waals surface area contributed by atoms with Crippen molar-refractivity contribution < 1.29 is 14.0 Å². The van der Waals surface area contributed by atoms with Gasteiger partial charge in [0.05, 0.1) is 24.5 Å². The molecule has 0 unspecified atom stereocenters. The Balaban J connectivity index is 1.51. The smallest absolute Gasteiger partial charge is 0.239 e. The lowest BCUT2D eigenvalue weighted by Crippen LogP contribution is -2.51. The van der Waals surface area contributed by atoms with E-state index in [4.69, 9.17) is 0 Å². The molecule has 2 heterocycles. The lowest BCUT2D eigenvalue weighted by atomic mass is 10.3. The van der Waals surface area contributed by atoms with Crippen molar-refractivity contribution in [3.05, 3.63) is 41.8 Å². The molecule has 1 aromatic carbocycles. The molecule has 0 radical (unpaired) electrons. The van der Waals surface area contributed by atoms with E-state index < -0.39 is 0 Å². The fraction of sp³-hybridized carbons (Fsp3) is 0.476. The minimum atomic E-state index is -0.325. The molecule has 2 aromatic rings. The van der Waals surface area contributed by atoms with Gasteiger partial charge in [0.1, 0.15) is 11.6 Å². The number of piperazine rings is 1. The third-order valence-corrected chi connectivity index (χ3v) is 4.82. The number of rotatable bonds is 7. The number of nitrogens with zero attached hydrogens (tertiary/aromatic N) is 4. The summed E-state index contributed by atoms with van der Waals surface area (Å²) in [5.41, 5.74) is 1.43. The van der Waals surface area contributed by atoms with Gasteiger partial charge in [0.25, 0.3) is 0 Å². The topological polar surface area (TPSA) is 82.5 Å². The summed E-state index contributed by atoms with van der Waals surface area (Å²) in [6, 6.07) is 7.87. The average Bonchev–Trinajstić information content (AvgIpc) is 3.03. The van der Waals surface area contributed by atoms with Crippen LogP contribution in [0.4, 0.5) is 10.2 Å². The highest BCUT2D eigenvalue weighted by atomic mass is 19.1. The second-order valence-corrected chi connectivity index (χ2v) is 7.88. The molecule has 162 valence electrons. The molecule has 1 saturated heterocycles. The standard InChI is InChI=1S/C21H29FN6O2/c1-15(2)23-20(29)13-26-8-10-27(11-9-26)14-21(30)24-19-12-16(3)25-28(19)18-6-4-17(22)5-7-18/h4-7,12,15H,8-11,13-14H2,1-3H3,(H,23,29)(H,24,30). The monoisotopic (exact) mass is 416 g/mol. The fourth-order valence-electron chi connectivity index (χ4n) is 3.43. The summed E-state index contributed by atoms with van der Waals surface area (Å²) in [6.45, 7) is 9.29. The first-order valence-corrected chi connectivity index (χ1v) is 10.2. The van der Waals surface area contributed by atoms with Crippen LogP contribution in [0.15, 0.2) is 30.3 Å². The summed E-state index contributed by atoms with van der Waals surface area (Å²) < 4.78 is 14.8. The second-order valence-electron chi connectivity index (χ2n) is 7.88. The highest BCUT2D eigenvalue weighted by Crippen LogP contribution is 2.17. The maximum atomic E-state index is 13.2. The number of amides is 2. The summed E-state index contributed by atoms with van der Waals surface area (Å²) in [4.78, 5) is 28.6. The van der Waals surface area contributed by atoms with Gasteiger partial charge in [-0.2, -0.15) is 5.10 Å². The highest BCUT2D eigenvalue weighted by Gasteiger charge is 2.21. The number of benzene rings is 1. The number of aryl methyl sites for hydroxylation is 1. The van der Waals surface area contributed by atoms with Crippen LogP contribution in [-0.4, -0.2) is 76.7 Å². The molecule has 30 heavy (non-hydrogen) atoms. The van der Waals surface area contributed by atoms with Crippen molar-refractivity contribution in [1.29, 1.82) is 0 Å². The van der Waals surface area contributed by atoms with Crippen molar-refractivity contribution in [1.82, 2.24) is 24.9 Å². The number of aromatic nitrogens is 2. The van der Waals surface area contributed by atoms with Gasteiger partial charge in [-0.3, -0.25) is 19.4 Å². The zero-order chi connectivity index (χ0) is 21.7. The molecule has 3 rings (SSSR count). The molecule has 0 saturated carbocycles. The van der Waals surface area contributed by atoms with E-state index >= 15 is 0 Å². The summed E-state index contributed by atoms with van der Waals surface area (Å²) in [6.07, 6.45) is 0. The number of hydrogen-bond acceptors (Lipinski definition) is 5. The number of nitrogens with one attached hydrogen (secondary N) is 2. The minimum Gasteiger partial charge on any atom is -0.353 e. The lowest BCUT2D eigenvalue weighted by molar-refractivity contribution is -0.124. The molecule has 9 heteroatoms. The van der Waals surface area contributed by atoms with E-state index in [1.165, 1.54) is 12.1 Å². The number of carbonyl (C=O) groups excluding carboxylic acids is 2. The van der Waals surface area contributed by atoms with E-state index in [-0.39, 0.29) is 30.2 Å². The Morgan fingerprint density at radius 3 is 2.17 bits per heavy atom. The Labute approximate surface area is 176 Å². The van der Waals surface area contributed by atoms with Crippen LogP contribution < -0.4 is 10.6 Å². The summed E-state index contributed by atoms with van der Waals surface area (Å²) in [7, 11) is 0. The predicted molar refractivity (Wildman–Crippen MR) is 113 cm³/mol. The quantitative estimate of drug-likeness (QED) is 0.713. The summed E-state index contributed by atoms with van der Waals surface area (Å²) in [5, 5.41) is 10.2. The molecular formula is C21H29FN6O2. The molecule has 1 aliphatic heterocycles. The Morgan fingerprint density at radius 1 is 1.03 bits per heavy atom. The van der Waals surface area contributed by atoms with E-state index in [9.17, 15) is 14.0 Å². The number of anilines is 1. The molecule has 0 bridgehead atoms. The number of carbonyl (C=O) groups is 2. The van der Waals surface area contributed by atoms with E-state index in [2.05, 4.69) is 25.5 Å². The van der Waals surface area contributed by atoms with Crippen molar-refractivity contribution in [2.24, 2.45) is 0 Å². The first-order chi connectivity index (χ1) is 14.3. The van der Waals surface area contributed by atoms with Crippen LogP contribution in [0.1, 0.15) is 19.5 Å². The van der Waals surface area contributed by atoms with E-state index in [0.29, 0.717) is 18.1 Å².